The average molecular weight is 390 g/mol. The van der Waals surface area contributed by atoms with Gasteiger partial charge in [-0.25, -0.2) is 4.39 Å². The molecule has 28 heavy (non-hydrogen) atoms. The maximum Gasteiger partial charge on any atom is 0.416 e. The minimum atomic E-state index is -4.53. The number of nitrogens with zero attached hydrogens (tertiary/aromatic N) is 1. The first-order valence-electron chi connectivity index (χ1n) is 8.80. The van der Waals surface area contributed by atoms with Crippen LogP contribution in [0.25, 0.3) is 6.08 Å². The third-order valence-electron chi connectivity index (χ3n) is 5.33. The van der Waals surface area contributed by atoms with E-state index in [0.717, 1.165) is 18.2 Å². The minimum absolute atomic E-state index is 0.130. The molecule has 2 aromatic carbocycles. The van der Waals surface area contributed by atoms with Crippen LogP contribution in [-0.2, 0) is 16.6 Å². The maximum absolute atomic E-state index is 15.5. The van der Waals surface area contributed by atoms with Crippen LogP contribution >= 0.6 is 0 Å². The number of nitrogens with one attached hydrogen (secondary N) is 1. The van der Waals surface area contributed by atoms with E-state index in [1.807, 2.05) is 0 Å². The second-order valence-electron chi connectivity index (χ2n) is 7.76. The first-order chi connectivity index (χ1) is 13.1. The van der Waals surface area contributed by atoms with Gasteiger partial charge in [0, 0.05) is 23.4 Å². The molecule has 0 radical (unpaired) electrons. The van der Waals surface area contributed by atoms with E-state index in [9.17, 15) is 18.0 Å². The largest absolute Gasteiger partial charge is 0.416 e. The predicted octanol–water partition coefficient (Wildman–Crippen LogP) is 4.84. The van der Waals surface area contributed by atoms with Crippen LogP contribution in [-0.4, -0.2) is 12.5 Å². The quantitative estimate of drug-likeness (QED) is 0.707. The van der Waals surface area contributed by atoms with Crippen LogP contribution in [0.1, 0.15) is 30.5 Å². The van der Waals surface area contributed by atoms with Crippen molar-refractivity contribution in [2.24, 2.45) is 5.41 Å². The van der Waals surface area contributed by atoms with E-state index in [2.05, 4.69) is 5.32 Å². The highest BCUT2D eigenvalue weighted by atomic mass is 19.4. The molecule has 2 aliphatic rings. The average Bonchev–Trinajstić information content (AvgIpc) is 2.63. The standard InChI is InChI=1S/C21H18F4N2O/c1-19(2)12-27-16-9-8-15(21(23,24)25)10-13(16)11-17(22)20(27,26-18(19)28)14-6-4-3-5-7-14/h3-11H,12H2,1-2H3,(H,26,28). The highest BCUT2D eigenvalue weighted by molar-refractivity contribution is 5.89. The van der Waals surface area contributed by atoms with Crippen LogP contribution in [0.4, 0.5) is 23.2 Å². The Morgan fingerprint density at radius 3 is 2.39 bits per heavy atom. The Bertz CT molecular complexity index is 982. The fourth-order valence-corrected chi connectivity index (χ4v) is 3.82. The van der Waals surface area contributed by atoms with E-state index in [4.69, 9.17) is 0 Å². The summed E-state index contributed by atoms with van der Waals surface area (Å²) in [5.74, 6) is -1.05. The first-order valence-corrected chi connectivity index (χ1v) is 8.80. The van der Waals surface area contributed by atoms with Gasteiger partial charge >= 0.3 is 6.18 Å². The van der Waals surface area contributed by atoms with Crippen LogP contribution in [0, 0.1) is 5.41 Å². The topological polar surface area (TPSA) is 32.3 Å². The SMILES string of the molecule is CC1(C)CN2c3ccc(C(F)(F)F)cc3C=C(F)C2(c2ccccc2)NC1=O. The molecule has 4 rings (SSSR count). The molecule has 1 fully saturated rings. The number of fused-ring (bicyclic) bond motifs is 3. The van der Waals surface area contributed by atoms with Crippen LogP contribution in [0.2, 0.25) is 0 Å². The molecule has 0 aliphatic carbocycles. The Morgan fingerprint density at radius 2 is 1.75 bits per heavy atom. The molecule has 3 nitrogen and oxygen atoms in total. The molecule has 2 heterocycles. The van der Waals surface area contributed by atoms with Crippen molar-refractivity contribution in [2.75, 3.05) is 11.4 Å². The first kappa shape index (κ1) is 18.5. The van der Waals surface area contributed by atoms with E-state index in [-0.39, 0.29) is 18.0 Å². The van der Waals surface area contributed by atoms with Gasteiger partial charge in [0.1, 0.15) is 0 Å². The van der Waals surface area contributed by atoms with Crippen molar-refractivity contribution in [3.63, 3.8) is 0 Å². The van der Waals surface area contributed by atoms with Gasteiger partial charge in [-0.2, -0.15) is 13.2 Å². The molecular weight excluding hydrogens is 372 g/mol. The summed E-state index contributed by atoms with van der Waals surface area (Å²) in [5.41, 5.74) is -2.21. The van der Waals surface area contributed by atoms with Crippen LogP contribution in [0.5, 0.6) is 0 Å². The zero-order chi connectivity index (χ0) is 20.3. The number of alkyl halides is 3. The van der Waals surface area contributed by atoms with Crippen molar-refractivity contribution in [3.8, 4) is 0 Å². The fraction of sp³-hybridized carbons (Fsp3) is 0.286. The molecule has 2 aliphatic heterocycles. The Hall–Kier alpha value is -2.83. The number of benzene rings is 2. The molecule has 7 heteroatoms. The number of carbonyl (C=O) groups is 1. The molecule has 1 unspecified atom stereocenters. The van der Waals surface area contributed by atoms with Crippen molar-refractivity contribution in [1.82, 2.24) is 5.32 Å². The van der Waals surface area contributed by atoms with Gasteiger partial charge < -0.3 is 10.2 Å². The number of anilines is 1. The van der Waals surface area contributed by atoms with E-state index in [0.29, 0.717) is 11.3 Å². The summed E-state index contributed by atoms with van der Waals surface area (Å²) < 4.78 is 54.9. The number of rotatable bonds is 1. The normalized spacial score (nSPS) is 23.4. The maximum atomic E-state index is 15.5. The summed E-state index contributed by atoms with van der Waals surface area (Å²) >= 11 is 0. The minimum Gasteiger partial charge on any atom is -0.338 e. The van der Waals surface area contributed by atoms with Crippen molar-refractivity contribution >= 4 is 17.7 Å². The second-order valence-corrected chi connectivity index (χ2v) is 7.76. The lowest BCUT2D eigenvalue weighted by molar-refractivity contribution is -0.137. The molecule has 1 atom stereocenters. The van der Waals surface area contributed by atoms with Gasteiger partial charge in [-0.15, -0.1) is 0 Å². The van der Waals surface area contributed by atoms with Gasteiger partial charge in [0.2, 0.25) is 5.91 Å². The number of carbonyl (C=O) groups excluding carboxylic acids is 1. The Balaban J connectivity index is 1.96. The third-order valence-corrected chi connectivity index (χ3v) is 5.33. The Labute approximate surface area is 159 Å². The number of amides is 1. The summed E-state index contributed by atoms with van der Waals surface area (Å²) in [6.07, 6.45) is -3.45. The lowest BCUT2D eigenvalue weighted by Gasteiger charge is -2.54. The van der Waals surface area contributed by atoms with Crippen LogP contribution in [0.3, 0.4) is 0 Å². The molecular formula is C21H18F4N2O. The Morgan fingerprint density at radius 1 is 1.07 bits per heavy atom. The smallest absolute Gasteiger partial charge is 0.338 e. The molecule has 0 bridgehead atoms. The van der Waals surface area contributed by atoms with E-state index < -0.39 is 28.6 Å². The number of hydrogen-bond acceptors (Lipinski definition) is 2. The highest BCUT2D eigenvalue weighted by Gasteiger charge is 2.54. The van der Waals surface area contributed by atoms with Crippen LogP contribution < -0.4 is 10.2 Å². The van der Waals surface area contributed by atoms with Crippen molar-refractivity contribution < 1.29 is 22.4 Å². The summed E-state index contributed by atoms with van der Waals surface area (Å²) in [6.45, 7) is 3.59. The molecule has 146 valence electrons. The number of hydrogen-bond donors (Lipinski definition) is 1. The Kier molecular flexibility index (Phi) is 3.86. The lowest BCUT2D eigenvalue weighted by atomic mass is 9.80. The fourth-order valence-electron chi connectivity index (χ4n) is 3.82. The molecule has 0 saturated carbocycles. The van der Waals surface area contributed by atoms with Gasteiger partial charge in [0.05, 0.1) is 11.0 Å². The summed E-state index contributed by atoms with van der Waals surface area (Å²) in [4.78, 5) is 14.4. The monoisotopic (exact) mass is 390 g/mol. The summed E-state index contributed by atoms with van der Waals surface area (Å²) in [5, 5.41) is 2.80. The molecule has 1 amide bonds. The van der Waals surface area contributed by atoms with Gasteiger partial charge in [0.25, 0.3) is 0 Å². The van der Waals surface area contributed by atoms with Gasteiger partial charge in [0.15, 0.2) is 11.5 Å². The molecule has 0 aromatic heterocycles. The lowest BCUT2D eigenvalue weighted by Crippen LogP contribution is -2.69. The van der Waals surface area contributed by atoms with Gasteiger partial charge in [-0.05, 0) is 38.1 Å². The third kappa shape index (κ3) is 2.60. The van der Waals surface area contributed by atoms with Crippen molar-refractivity contribution in [3.05, 3.63) is 71.0 Å². The molecule has 1 N–H and O–H groups in total. The van der Waals surface area contributed by atoms with Crippen molar-refractivity contribution in [1.29, 1.82) is 0 Å². The van der Waals surface area contributed by atoms with Crippen molar-refractivity contribution in [2.45, 2.75) is 25.7 Å². The zero-order valence-corrected chi connectivity index (χ0v) is 15.3. The second kappa shape index (κ2) is 5.83. The van der Waals surface area contributed by atoms with Gasteiger partial charge in [-0.3, -0.25) is 4.79 Å². The van der Waals surface area contributed by atoms with Crippen LogP contribution in [0.15, 0.2) is 54.4 Å². The zero-order valence-electron chi connectivity index (χ0n) is 15.3. The summed E-state index contributed by atoms with van der Waals surface area (Å²) in [6, 6.07) is 11.9. The van der Waals surface area contributed by atoms with E-state index in [1.54, 1.807) is 49.1 Å². The van der Waals surface area contributed by atoms with Gasteiger partial charge in [-0.1, -0.05) is 30.3 Å². The molecule has 0 spiro atoms. The number of halogens is 4. The molecule has 1 saturated heterocycles. The predicted molar refractivity (Wildman–Crippen MR) is 97.9 cm³/mol. The molecule has 2 aromatic rings. The van der Waals surface area contributed by atoms with E-state index in [1.165, 1.54) is 6.07 Å². The summed E-state index contributed by atoms with van der Waals surface area (Å²) in [7, 11) is 0. The highest BCUT2D eigenvalue weighted by Crippen LogP contribution is 2.49. The van der Waals surface area contributed by atoms with E-state index >= 15 is 4.39 Å².